The second kappa shape index (κ2) is 13.6. The number of hydrogen-bond acceptors (Lipinski definition) is 7. The molecule has 3 aromatic heterocycles. The molecule has 7 rings (SSSR count). The van der Waals surface area contributed by atoms with Crippen molar-refractivity contribution < 1.29 is 44.7 Å². The van der Waals surface area contributed by atoms with E-state index in [-0.39, 0.29) is 41.2 Å². The summed E-state index contributed by atoms with van der Waals surface area (Å²) in [6, 6.07) is 7.83. The van der Waals surface area contributed by atoms with Crippen LogP contribution in [0.25, 0.3) is 22.0 Å². The molecule has 19 heteroatoms. The number of rotatable bonds is 10. The number of nitrogens with zero attached hydrogens (tertiary/aromatic N) is 5. The Labute approximate surface area is 316 Å². The van der Waals surface area contributed by atoms with Crippen molar-refractivity contribution in [1.82, 2.24) is 29.9 Å². The second-order valence-corrected chi connectivity index (χ2v) is 15.8. The number of pyridine rings is 1. The molecule has 1 saturated carbocycles. The molecule has 3 heterocycles. The third-order valence-electron chi connectivity index (χ3n) is 9.63. The molecule has 0 radical (unpaired) electrons. The van der Waals surface area contributed by atoms with Crippen LogP contribution < -0.4 is 15.2 Å². The smallest absolute Gasteiger partial charge is 0.297 e. The van der Waals surface area contributed by atoms with E-state index >= 15 is 8.78 Å². The Morgan fingerprint density at radius 2 is 1.77 bits per heavy atom. The van der Waals surface area contributed by atoms with E-state index in [2.05, 4.69) is 32.1 Å². The molecule has 2 aliphatic rings. The Morgan fingerprint density at radius 3 is 2.41 bits per heavy atom. The lowest BCUT2D eigenvalue weighted by atomic mass is 9.93. The maximum Gasteiger partial charge on any atom is 0.297 e. The van der Waals surface area contributed by atoms with Crippen LogP contribution in [0.15, 0.2) is 42.5 Å². The van der Waals surface area contributed by atoms with Crippen molar-refractivity contribution in [3.63, 3.8) is 0 Å². The molecule has 3 unspecified atom stereocenters. The molecular formula is C37H34F6N8O4S. The molecule has 294 valence electrons. The fourth-order valence-electron chi connectivity index (χ4n) is 7.39. The highest BCUT2D eigenvalue weighted by atomic mass is 32.2. The first-order valence-electron chi connectivity index (χ1n) is 17.2. The number of anilines is 1. The molecule has 3 atom stereocenters. The third kappa shape index (κ3) is 7.43. The third-order valence-corrected chi connectivity index (χ3v) is 10.1. The molecule has 0 saturated heterocycles. The summed E-state index contributed by atoms with van der Waals surface area (Å²) in [5, 5.41) is 26.7. The van der Waals surface area contributed by atoms with Gasteiger partial charge in [-0.05, 0) is 80.8 Å². The van der Waals surface area contributed by atoms with Gasteiger partial charge in [-0.25, -0.2) is 27.7 Å². The zero-order valence-corrected chi connectivity index (χ0v) is 31.0. The van der Waals surface area contributed by atoms with Crippen molar-refractivity contribution in [2.24, 2.45) is 18.1 Å². The van der Waals surface area contributed by atoms with E-state index in [4.69, 9.17) is 10.1 Å². The predicted octanol–water partition coefficient (Wildman–Crippen LogP) is 5.40. The van der Waals surface area contributed by atoms with Crippen LogP contribution in [0.5, 0.6) is 0 Å². The van der Waals surface area contributed by atoms with Gasteiger partial charge in [0.1, 0.15) is 40.9 Å². The summed E-state index contributed by atoms with van der Waals surface area (Å²) < 4.78 is 116. The average molecular weight is 801 g/mol. The highest BCUT2D eigenvalue weighted by Crippen LogP contribution is 2.68. The highest BCUT2D eigenvalue weighted by molar-refractivity contribution is 7.90. The van der Waals surface area contributed by atoms with Crippen LogP contribution in [0.1, 0.15) is 78.1 Å². The van der Waals surface area contributed by atoms with E-state index in [1.807, 2.05) is 0 Å². The van der Waals surface area contributed by atoms with Crippen LogP contribution in [-0.4, -0.2) is 49.6 Å². The fraction of sp³-hybridized carbons (Fsp3) is 0.351. The fourth-order valence-corrected chi connectivity index (χ4v) is 7.80. The number of hydrogen-bond donors (Lipinski definition) is 4. The molecule has 0 aliphatic heterocycles. The van der Waals surface area contributed by atoms with E-state index in [0.29, 0.717) is 38.3 Å². The number of aromatic nitrogens is 5. The molecule has 0 bridgehead atoms. The second-order valence-electron chi connectivity index (χ2n) is 14.5. The normalized spacial score (nSPS) is 17.7. The minimum absolute atomic E-state index is 0.0214. The van der Waals surface area contributed by atoms with Crippen LogP contribution in [0, 0.1) is 36.3 Å². The largest absolute Gasteiger partial charge is 0.378 e. The summed E-state index contributed by atoms with van der Waals surface area (Å²) >= 11 is 0. The lowest BCUT2D eigenvalue weighted by Gasteiger charge is -2.23. The summed E-state index contributed by atoms with van der Waals surface area (Å²) in [5.74, 6) is -2.98. The van der Waals surface area contributed by atoms with Gasteiger partial charge in [-0.2, -0.15) is 27.4 Å². The van der Waals surface area contributed by atoms with Crippen molar-refractivity contribution in [2.45, 2.75) is 70.1 Å². The van der Waals surface area contributed by atoms with Gasteiger partial charge < -0.3 is 10.4 Å². The minimum Gasteiger partial charge on any atom is -0.378 e. The van der Waals surface area contributed by atoms with E-state index in [9.17, 15) is 35.9 Å². The first kappa shape index (κ1) is 38.8. The van der Waals surface area contributed by atoms with Crippen molar-refractivity contribution in [3.05, 3.63) is 93.6 Å². The number of carbonyl (C=O) groups excluding carboxylic acids is 1. The van der Waals surface area contributed by atoms with Gasteiger partial charge in [-0.15, -0.1) is 0 Å². The monoisotopic (exact) mass is 800 g/mol. The zero-order valence-electron chi connectivity index (χ0n) is 30.1. The molecule has 2 aromatic carbocycles. The number of fused-ring (bicyclic) bond motifs is 4. The molecule has 0 spiro atoms. The van der Waals surface area contributed by atoms with Crippen molar-refractivity contribution in [3.8, 4) is 23.0 Å². The van der Waals surface area contributed by atoms with Crippen molar-refractivity contribution >= 4 is 32.8 Å². The average Bonchev–Trinajstić information content (AvgIpc) is 3.62. The summed E-state index contributed by atoms with van der Waals surface area (Å²) in [6.07, 6.45) is -3.48. The maximum absolute atomic E-state index is 15.4. The van der Waals surface area contributed by atoms with Crippen molar-refractivity contribution in [1.29, 1.82) is 0 Å². The van der Waals surface area contributed by atoms with Crippen LogP contribution >= 0.6 is 0 Å². The quantitative estimate of drug-likeness (QED) is 0.108. The van der Waals surface area contributed by atoms with E-state index in [0.717, 1.165) is 12.1 Å². The highest BCUT2D eigenvalue weighted by Gasteiger charge is 2.67. The van der Waals surface area contributed by atoms with Crippen LogP contribution in [-0.2, 0) is 40.9 Å². The number of aliphatic hydroxyl groups is 1. The van der Waals surface area contributed by atoms with Gasteiger partial charge in [0, 0.05) is 41.1 Å². The van der Waals surface area contributed by atoms with Gasteiger partial charge in [0.05, 0.1) is 17.3 Å². The Bertz CT molecular complexity index is 2590. The number of carbonyl (C=O) groups is 1. The van der Waals surface area contributed by atoms with Crippen LogP contribution in [0.2, 0.25) is 0 Å². The molecule has 12 nitrogen and oxygen atoms in total. The van der Waals surface area contributed by atoms with Gasteiger partial charge in [-0.3, -0.25) is 18.9 Å². The summed E-state index contributed by atoms with van der Waals surface area (Å²) in [5.41, 5.74) is -1.44. The summed E-state index contributed by atoms with van der Waals surface area (Å²) in [4.78, 5) is 18.6. The number of halogens is 6. The number of amides is 1. The van der Waals surface area contributed by atoms with Gasteiger partial charge in [0.25, 0.3) is 22.6 Å². The van der Waals surface area contributed by atoms with E-state index in [1.54, 1.807) is 32.2 Å². The summed E-state index contributed by atoms with van der Waals surface area (Å²) in [7, 11) is -2.73. The van der Waals surface area contributed by atoms with Gasteiger partial charge in [-0.1, -0.05) is 18.1 Å². The van der Waals surface area contributed by atoms with Crippen LogP contribution in [0.4, 0.5) is 32.2 Å². The Morgan fingerprint density at radius 1 is 1.09 bits per heavy atom. The number of aryl methyl sites for hydroxylation is 2. The molecule has 5 N–H and O–H groups in total. The topological polar surface area (TPSA) is 170 Å². The minimum atomic E-state index is -4.27. The number of alkyl halides is 4. The zero-order chi connectivity index (χ0) is 40.6. The SMILES string of the molecule is Cc1ccc(-c2ccc(C#CC(C)(C)O)nc2C(Cc2cc(F)cc(F)c2)NC(=O)Cn2nc(C(F)F)c3c2C(F)(F)C2CC32)c2c1c(NS(N)(=O)=O)nn2C. The first-order chi connectivity index (χ1) is 26.1. The number of benzene rings is 2. The molecule has 1 fully saturated rings. The Hall–Kier alpha value is -5.45. The molecule has 5 aromatic rings. The Kier molecular flexibility index (Phi) is 9.45. The molecule has 1 amide bonds. The van der Waals surface area contributed by atoms with Crippen molar-refractivity contribution in [2.75, 3.05) is 4.72 Å². The first-order valence-corrected chi connectivity index (χ1v) is 18.7. The van der Waals surface area contributed by atoms with Gasteiger partial charge in [0.15, 0.2) is 5.82 Å². The lowest BCUT2D eigenvalue weighted by molar-refractivity contribution is -0.123. The lowest BCUT2D eigenvalue weighted by Crippen LogP contribution is -2.35. The van der Waals surface area contributed by atoms with Gasteiger partial charge in [0.2, 0.25) is 5.91 Å². The number of nitrogens with one attached hydrogen (secondary N) is 2. The van der Waals surface area contributed by atoms with E-state index in [1.165, 1.54) is 24.6 Å². The predicted molar refractivity (Wildman–Crippen MR) is 191 cm³/mol. The Balaban J connectivity index is 1.39. The van der Waals surface area contributed by atoms with Gasteiger partial charge >= 0.3 is 0 Å². The molecular weight excluding hydrogens is 767 g/mol. The molecule has 56 heavy (non-hydrogen) atoms. The standard InChI is InChI=1S/C37H34F6N8O4S/c1-17-5-7-23(32-28(17)35(48-50(32)4)49-56(44,54)55)22-8-6-21(9-10-36(2,3)53)45-30(22)26(13-18-11-19(38)14-20(39)12-18)46-27(52)16-51-33-29(31(47-51)34(40)41)24-15-25(24)37(33,42)43/h5-8,11-12,14,24-26,34,53H,13,15-16H2,1-4H3,(H,46,52)(H,48,49)(H2,44,54,55). The van der Waals surface area contributed by atoms with Crippen LogP contribution in [0.3, 0.4) is 0 Å². The number of nitrogens with two attached hydrogens (primary N) is 1. The van der Waals surface area contributed by atoms with E-state index < -0.39 is 81.5 Å². The maximum atomic E-state index is 15.4. The molecule has 2 aliphatic carbocycles. The summed E-state index contributed by atoms with van der Waals surface area (Å²) in [6.45, 7) is 3.67.